The fourth-order valence-electron chi connectivity index (χ4n) is 1.55. The van der Waals surface area contributed by atoms with Crippen LogP contribution in [0.15, 0.2) is 18.2 Å². The molecule has 1 aromatic rings. The Labute approximate surface area is 120 Å². The lowest BCUT2D eigenvalue weighted by Crippen LogP contribution is -2.21. The van der Waals surface area contributed by atoms with Gasteiger partial charge in [-0.05, 0) is 23.8 Å². The zero-order chi connectivity index (χ0) is 15.3. The molecular weight excluding hydrogens is 284 g/mol. The molecular formula is C13H16O6S. The second kappa shape index (κ2) is 7.28. The number of benzene rings is 1. The van der Waals surface area contributed by atoms with E-state index in [-0.39, 0.29) is 27.7 Å². The topological polar surface area (TPSA) is 104 Å². The third-order valence-electron chi connectivity index (χ3n) is 2.57. The molecule has 20 heavy (non-hydrogen) atoms. The largest absolute Gasteiger partial charge is 0.497 e. The van der Waals surface area contributed by atoms with Gasteiger partial charge < -0.3 is 20.1 Å². The van der Waals surface area contributed by atoms with E-state index in [1.807, 2.05) is 0 Å². The van der Waals surface area contributed by atoms with Crippen molar-refractivity contribution in [3.8, 4) is 5.75 Å². The number of carbonyl (C=O) groups is 2. The summed E-state index contributed by atoms with van der Waals surface area (Å²) in [5, 5.41) is 28.6. The predicted molar refractivity (Wildman–Crippen MR) is 74.1 cm³/mol. The molecule has 2 atom stereocenters. The van der Waals surface area contributed by atoms with Crippen molar-refractivity contribution in [2.45, 2.75) is 19.1 Å². The van der Waals surface area contributed by atoms with E-state index in [9.17, 15) is 19.8 Å². The Morgan fingerprint density at radius 3 is 2.45 bits per heavy atom. The second-order valence-corrected chi connectivity index (χ2v) is 5.31. The fraction of sp³-hybridized carbons (Fsp3) is 0.385. The van der Waals surface area contributed by atoms with Gasteiger partial charge in [-0.25, -0.2) is 4.79 Å². The lowest BCUT2D eigenvalue weighted by molar-refractivity contribution is -0.109. The van der Waals surface area contributed by atoms with Gasteiger partial charge in [-0.3, -0.25) is 4.79 Å². The summed E-state index contributed by atoms with van der Waals surface area (Å²) >= 11 is 0.886. The Hall–Kier alpha value is -1.57. The van der Waals surface area contributed by atoms with Crippen LogP contribution in [0.5, 0.6) is 5.75 Å². The van der Waals surface area contributed by atoms with Gasteiger partial charge in [-0.2, -0.15) is 0 Å². The summed E-state index contributed by atoms with van der Waals surface area (Å²) in [5.41, 5.74) is 0.170. The van der Waals surface area contributed by atoms with Crippen LogP contribution in [0.25, 0.3) is 0 Å². The van der Waals surface area contributed by atoms with Crippen LogP contribution in [0, 0.1) is 0 Å². The minimum atomic E-state index is -1.30. The molecule has 0 bridgehead atoms. The molecule has 0 aromatic heterocycles. The average molecular weight is 300 g/mol. The first-order chi connectivity index (χ1) is 9.35. The zero-order valence-corrected chi connectivity index (χ0v) is 11.9. The number of hydrogen-bond acceptors (Lipinski definition) is 6. The molecule has 7 heteroatoms. The molecule has 0 radical (unpaired) electrons. The molecule has 6 nitrogen and oxygen atoms in total. The van der Waals surface area contributed by atoms with Crippen molar-refractivity contribution in [2.75, 3.05) is 12.9 Å². The Morgan fingerprint density at radius 2 is 1.95 bits per heavy atom. The van der Waals surface area contributed by atoms with Crippen molar-refractivity contribution in [2.24, 2.45) is 0 Å². The number of thioether (sulfide) groups is 1. The van der Waals surface area contributed by atoms with Gasteiger partial charge in [0.25, 0.3) is 0 Å². The van der Waals surface area contributed by atoms with Gasteiger partial charge in [0.05, 0.1) is 18.8 Å². The van der Waals surface area contributed by atoms with E-state index in [0.717, 1.165) is 11.8 Å². The van der Waals surface area contributed by atoms with Gasteiger partial charge in [0, 0.05) is 12.7 Å². The van der Waals surface area contributed by atoms with E-state index in [1.54, 1.807) is 0 Å². The monoisotopic (exact) mass is 300 g/mol. The molecule has 0 aliphatic carbocycles. The van der Waals surface area contributed by atoms with Crippen molar-refractivity contribution < 1.29 is 29.6 Å². The minimum absolute atomic E-state index is 0.0239. The highest BCUT2D eigenvalue weighted by Crippen LogP contribution is 2.25. The predicted octanol–water partition coefficient (Wildman–Crippen LogP) is 1.07. The van der Waals surface area contributed by atoms with Gasteiger partial charge in [-0.15, -0.1) is 0 Å². The quantitative estimate of drug-likeness (QED) is 0.721. The summed E-state index contributed by atoms with van der Waals surface area (Å²) in [6, 6.07) is 4.02. The number of aromatic carboxylic acids is 1. The number of methoxy groups -OCH3 is 1. The van der Waals surface area contributed by atoms with Crippen LogP contribution >= 0.6 is 11.8 Å². The molecule has 1 rings (SSSR count). The maximum atomic E-state index is 11.0. The number of aliphatic hydroxyl groups excluding tert-OH is 2. The molecule has 0 amide bonds. The van der Waals surface area contributed by atoms with Crippen LogP contribution in [0.1, 0.15) is 28.9 Å². The number of carboxylic acids is 1. The smallest absolute Gasteiger partial charge is 0.335 e. The number of aliphatic hydroxyl groups is 2. The molecule has 0 saturated heterocycles. The molecule has 3 N–H and O–H groups in total. The summed E-state index contributed by atoms with van der Waals surface area (Å²) in [4.78, 5) is 21.8. The van der Waals surface area contributed by atoms with Crippen LogP contribution in [0.3, 0.4) is 0 Å². The molecule has 0 spiro atoms. The van der Waals surface area contributed by atoms with E-state index in [2.05, 4.69) is 0 Å². The summed E-state index contributed by atoms with van der Waals surface area (Å²) in [7, 11) is 1.37. The summed E-state index contributed by atoms with van der Waals surface area (Å²) in [6.45, 7) is 1.36. The van der Waals surface area contributed by atoms with Gasteiger partial charge in [0.1, 0.15) is 11.9 Å². The molecule has 110 valence electrons. The highest BCUT2D eigenvalue weighted by Gasteiger charge is 2.21. The number of carbonyl (C=O) groups excluding carboxylic acids is 1. The Morgan fingerprint density at radius 1 is 1.30 bits per heavy atom. The summed E-state index contributed by atoms with van der Waals surface area (Å²) < 4.78 is 4.96. The standard InChI is InChI=1S/C13H16O6S/c1-7(14)20-6-11(15)12(16)8-3-9(13(17)18)5-10(4-8)19-2/h3-5,11-12,15-16H,6H2,1-2H3,(H,17,18). The van der Waals surface area contributed by atoms with E-state index in [1.165, 1.54) is 32.2 Å². The maximum Gasteiger partial charge on any atom is 0.335 e. The van der Waals surface area contributed by atoms with Crippen molar-refractivity contribution in [1.82, 2.24) is 0 Å². The summed E-state index contributed by atoms with van der Waals surface area (Å²) in [6.07, 6.45) is -2.48. The first-order valence-electron chi connectivity index (χ1n) is 5.77. The molecule has 1 aromatic carbocycles. The van der Waals surface area contributed by atoms with E-state index in [0.29, 0.717) is 0 Å². The Kier molecular flexibility index (Phi) is 6.00. The van der Waals surface area contributed by atoms with Crippen LogP contribution < -0.4 is 4.74 Å². The van der Waals surface area contributed by atoms with Crippen LogP contribution in [-0.2, 0) is 4.79 Å². The fourth-order valence-corrected chi connectivity index (χ4v) is 2.14. The van der Waals surface area contributed by atoms with Gasteiger partial charge >= 0.3 is 5.97 Å². The lowest BCUT2D eigenvalue weighted by Gasteiger charge is -2.18. The first kappa shape index (κ1) is 16.5. The van der Waals surface area contributed by atoms with Crippen molar-refractivity contribution in [3.63, 3.8) is 0 Å². The molecule has 0 saturated carbocycles. The normalized spacial score (nSPS) is 13.6. The van der Waals surface area contributed by atoms with Crippen LogP contribution in [-0.4, -0.2) is 45.4 Å². The number of carboxylic acid groups (broad SMARTS) is 1. The third-order valence-corrected chi connectivity index (χ3v) is 3.49. The highest BCUT2D eigenvalue weighted by molar-refractivity contribution is 8.13. The molecule has 0 heterocycles. The molecule has 2 unspecified atom stereocenters. The number of rotatable bonds is 6. The van der Waals surface area contributed by atoms with Gasteiger partial charge in [0.2, 0.25) is 0 Å². The Balaban J connectivity index is 2.96. The summed E-state index contributed by atoms with van der Waals surface area (Å²) in [5.74, 6) is -0.869. The van der Waals surface area contributed by atoms with Crippen molar-refractivity contribution in [3.05, 3.63) is 29.3 Å². The van der Waals surface area contributed by atoms with Crippen molar-refractivity contribution in [1.29, 1.82) is 0 Å². The molecule has 0 aliphatic heterocycles. The van der Waals surface area contributed by atoms with Gasteiger partial charge in [-0.1, -0.05) is 11.8 Å². The van der Waals surface area contributed by atoms with Crippen LogP contribution in [0.4, 0.5) is 0 Å². The van der Waals surface area contributed by atoms with E-state index in [4.69, 9.17) is 9.84 Å². The average Bonchev–Trinajstić information content (AvgIpc) is 2.43. The highest BCUT2D eigenvalue weighted by atomic mass is 32.2. The maximum absolute atomic E-state index is 11.0. The molecule has 0 fully saturated rings. The SMILES string of the molecule is COc1cc(C(=O)O)cc(C(O)C(O)CSC(C)=O)c1. The number of hydrogen-bond donors (Lipinski definition) is 3. The van der Waals surface area contributed by atoms with Gasteiger partial charge in [0.15, 0.2) is 5.12 Å². The van der Waals surface area contributed by atoms with Crippen LogP contribution in [0.2, 0.25) is 0 Å². The minimum Gasteiger partial charge on any atom is -0.497 e. The lowest BCUT2D eigenvalue weighted by atomic mass is 10.0. The second-order valence-electron chi connectivity index (χ2n) is 4.11. The number of ether oxygens (including phenoxy) is 1. The van der Waals surface area contributed by atoms with E-state index < -0.39 is 18.2 Å². The Bertz CT molecular complexity index is 502. The first-order valence-corrected chi connectivity index (χ1v) is 6.75. The third kappa shape index (κ3) is 4.52. The van der Waals surface area contributed by atoms with E-state index >= 15 is 0 Å². The van der Waals surface area contributed by atoms with Crippen molar-refractivity contribution >= 4 is 22.8 Å². The zero-order valence-electron chi connectivity index (χ0n) is 11.1. The molecule has 0 aliphatic rings.